The lowest BCUT2D eigenvalue weighted by Gasteiger charge is -2.17. The Hall–Kier alpha value is -3.15. The van der Waals surface area contributed by atoms with Crippen LogP contribution in [0, 0.1) is 5.92 Å². The Morgan fingerprint density at radius 2 is 1.84 bits per heavy atom. The summed E-state index contributed by atoms with van der Waals surface area (Å²) < 4.78 is 5.42. The average Bonchev–Trinajstić information content (AvgIpc) is 3.02. The predicted octanol–water partition coefficient (Wildman–Crippen LogP) is 3.33. The van der Waals surface area contributed by atoms with Gasteiger partial charge in [-0.15, -0.1) is 0 Å². The van der Waals surface area contributed by atoms with Gasteiger partial charge in [-0.2, -0.15) is 0 Å². The van der Waals surface area contributed by atoms with Gasteiger partial charge in [0.2, 0.25) is 0 Å². The van der Waals surface area contributed by atoms with Gasteiger partial charge in [0.15, 0.2) is 5.76 Å². The first-order valence-electron chi connectivity index (χ1n) is 7.96. The normalized spacial score (nSPS) is 12.3. The summed E-state index contributed by atoms with van der Waals surface area (Å²) in [5.74, 6) is -1.15. The molecule has 0 aliphatic carbocycles. The van der Waals surface area contributed by atoms with E-state index < -0.39 is 17.9 Å². The molecule has 0 bridgehead atoms. The maximum atomic E-state index is 12.5. The molecule has 0 saturated heterocycles. The van der Waals surface area contributed by atoms with E-state index in [1.807, 2.05) is 30.3 Å². The lowest BCUT2D eigenvalue weighted by atomic mass is 10.0. The van der Waals surface area contributed by atoms with E-state index in [0.29, 0.717) is 22.2 Å². The molecular formula is C19H18N2O4. The predicted molar refractivity (Wildman–Crippen MR) is 93.2 cm³/mol. The highest BCUT2D eigenvalue weighted by molar-refractivity contribution is 6.02. The fourth-order valence-electron chi connectivity index (χ4n) is 2.62. The molecule has 1 atom stereocenters. The third-order valence-electron chi connectivity index (χ3n) is 3.99. The molecule has 3 rings (SSSR count). The van der Waals surface area contributed by atoms with Gasteiger partial charge in [0, 0.05) is 11.1 Å². The van der Waals surface area contributed by atoms with Crippen LogP contribution in [0.4, 0.5) is 0 Å². The number of carbonyl (C=O) groups excluding carboxylic acids is 1. The number of carboxylic acids is 1. The number of hydrogen-bond acceptors (Lipinski definition) is 4. The first-order chi connectivity index (χ1) is 12.0. The van der Waals surface area contributed by atoms with E-state index in [2.05, 4.69) is 10.5 Å². The summed E-state index contributed by atoms with van der Waals surface area (Å²) in [7, 11) is 0. The monoisotopic (exact) mass is 338 g/mol. The highest BCUT2D eigenvalue weighted by atomic mass is 16.5. The van der Waals surface area contributed by atoms with Crippen molar-refractivity contribution in [3.8, 4) is 11.3 Å². The van der Waals surface area contributed by atoms with Crippen LogP contribution in [0.15, 0.2) is 53.1 Å². The Morgan fingerprint density at radius 1 is 1.12 bits per heavy atom. The molecule has 0 saturated carbocycles. The van der Waals surface area contributed by atoms with Crippen molar-refractivity contribution in [2.24, 2.45) is 5.92 Å². The van der Waals surface area contributed by atoms with Crippen LogP contribution in [0.3, 0.4) is 0 Å². The number of nitrogens with zero attached hydrogens (tertiary/aromatic N) is 1. The molecule has 128 valence electrons. The number of rotatable bonds is 5. The molecule has 0 aliphatic heterocycles. The van der Waals surface area contributed by atoms with Crippen molar-refractivity contribution in [3.63, 3.8) is 0 Å². The highest BCUT2D eigenvalue weighted by Gasteiger charge is 2.24. The van der Waals surface area contributed by atoms with Crippen LogP contribution in [-0.2, 0) is 4.79 Å². The summed E-state index contributed by atoms with van der Waals surface area (Å²) in [5.41, 5.74) is 1.85. The second-order valence-corrected chi connectivity index (χ2v) is 6.14. The largest absolute Gasteiger partial charge is 0.480 e. The van der Waals surface area contributed by atoms with Crippen LogP contribution in [0.5, 0.6) is 0 Å². The van der Waals surface area contributed by atoms with Crippen molar-refractivity contribution in [3.05, 3.63) is 54.1 Å². The maximum Gasteiger partial charge on any atom is 0.326 e. The van der Waals surface area contributed by atoms with E-state index in [1.165, 1.54) is 0 Å². The Labute approximate surface area is 144 Å². The molecule has 1 amide bonds. The van der Waals surface area contributed by atoms with Gasteiger partial charge in [-0.1, -0.05) is 49.3 Å². The molecule has 0 spiro atoms. The topological polar surface area (TPSA) is 92.4 Å². The first kappa shape index (κ1) is 16.7. The SMILES string of the molecule is CC(C)[C@@H](NC(=O)c1ccc2noc(-c3ccccc3)c2c1)C(=O)O. The minimum absolute atomic E-state index is 0.222. The van der Waals surface area contributed by atoms with Crippen LogP contribution < -0.4 is 5.32 Å². The van der Waals surface area contributed by atoms with Crippen molar-refractivity contribution in [2.45, 2.75) is 19.9 Å². The second kappa shape index (κ2) is 6.76. The Balaban J connectivity index is 1.95. The number of carboxylic acid groups (broad SMARTS) is 1. The zero-order chi connectivity index (χ0) is 18.0. The standard InChI is InChI=1S/C19H18N2O4/c1-11(2)16(19(23)24)20-18(22)13-8-9-15-14(10-13)17(25-21-15)12-6-4-3-5-7-12/h3-11,16H,1-2H3,(H,20,22)(H,23,24)/t16-/m1/s1. The van der Waals surface area contributed by atoms with E-state index in [0.717, 1.165) is 5.56 Å². The van der Waals surface area contributed by atoms with Crippen molar-refractivity contribution in [1.82, 2.24) is 10.5 Å². The van der Waals surface area contributed by atoms with E-state index in [1.54, 1.807) is 32.0 Å². The van der Waals surface area contributed by atoms with Crippen LogP contribution in [0.1, 0.15) is 24.2 Å². The van der Waals surface area contributed by atoms with E-state index >= 15 is 0 Å². The minimum atomic E-state index is -1.06. The maximum absolute atomic E-state index is 12.5. The fourth-order valence-corrected chi connectivity index (χ4v) is 2.62. The van der Waals surface area contributed by atoms with Gasteiger partial charge in [0.05, 0.1) is 5.39 Å². The van der Waals surface area contributed by atoms with Gasteiger partial charge in [0.25, 0.3) is 5.91 Å². The molecule has 0 aliphatic rings. The van der Waals surface area contributed by atoms with E-state index in [9.17, 15) is 14.7 Å². The zero-order valence-corrected chi connectivity index (χ0v) is 13.9. The summed E-state index contributed by atoms with van der Waals surface area (Å²) in [4.78, 5) is 23.7. The third-order valence-corrected chi connectivity index (χ3v) is 3.99. The smallest absolute Gasteiger partial charge is 0.326 e. The van der Waals surface area contributed by atoms with Gasteiger partial charge < -0.3 is 14.9 Å². The summed E-state index contributed by atoms with van der Waals surface area (Å²) in [5, 5.41) is 16.5. The fraction of sp³-hybridized carbons (Fsp3) is 0.211. The molecule has 3 aromatic rings. The number of hydrogen-bond donors (Lipinski definition) is 2. The van der Waals surface area contributed by atoms with Crippen LogP contribution in [0.2, 0.25) is 0 Å². The van der Waals surface area contributed by atoms with Gasteiger partial charge in [0.1, 0.15) is 11.6 Å². The van der Waals surface area contributed by atoms with Crippen molar-refractivity contribution >= 4 is 22.8 Å². The molecule has 0 unspecified atom stereocenters. The van der Waals surface area contributed by atoms with Crippen molar-refractivity contribution in [1.29, 1.82) is 0 Å². The molecule has 1 heterocycles. The molecule has 2 N–H and O–H groups in total. The van der Waals surface area contributed by atoms with Crippen LogP contribution >= 0.6 is 0 Å². The molecule has 25 heavy (non-hydrogen) atoms. The van der Waals surface area contributed by atoms with Gasteiger partial charge in [-0.3, -0.25) is 4.79 Å². The van der Waals surface area contributed by atoms with E-state index in [-0.39, 0.29) is 5.92 Å². The molecule has 2 aromatic carbocycles. The second-order valence-electron chi connectivity index (χ2n) is 6.14. The molecule has 0 radical (unpaired) electrons. The average molecular weight is 338 g/mol. The number of nitrogens with one attached hydrogen (secondary N) is 1. The Morgan fingerprint density at radius 3 is 2.48 bits per heavy atom. The third kappa shape index (κ3) is 3.38. The summed E-state index contributed by atoms with van der Waals surface area (Å²) in [6, 6.07) is 13.5. The molecule has 6 nitrogen and oxygen atoms in total. The van der Waals surface area contributed by atoms with Crippen LogP contribution in [-0.4, -0.2) is 28.2 Å². The quantitative estimate of drug-likeness (QED) is 0.744. The lowest BCUT2D eigenvalue weighted by Crippen LogP contribution is -2.44. The summed E-state index contributed by atoms with van der Waals surface area (Å²) in [6.45, 7) is 3.49. The number of aromatic nitrogens is 1. The molecular weight excluding hydrogens is 320 g/mol. The molecule has 1 aromatic heterocycles. The minimum Gasteiger partial charge on any atom is -0.480 e. The number of fused-ring (bicyclic) bond motifs is 1. The zero-order valence-electron chi connectivity index (χ0n) is 13.9. The van der Waals surface area contributed by atoms with Gasteiger partial charge >= 0.3 is 5.97 Å². The Kier molecular flexibility index (Phi) is 4.52. The molecule has 0 fully saturated rings. The Bertz CT molecular complexity index is 916. The summed E-state index contributed by atoms with van der Waals surface area (Å²) >= 11 is 0. The van der Waals surface area contributed by atoms with Crippen molar-refractivity contribution in [2.75, 3.05) is 0 Å². The first-order valence-corrected chi connectivity index (χ1v) is 7.96. The number of benzene rings is 2. The van der Waals surface area contributed by atoms with Crippen molar-refractivity contribution < 1.29 is 19.2 Å². The van der Waals surface area contributed by atoms with Gasteiger partial charge in [-0.05, 0) is 24.1 Å². The lowest BCUT2D eigenvalue weighted by molar-refractivity contribution is -0.140. The van der Waals surface area contributed by atoms with Gasteiger partial charge in [-0.25, -0.2) is 4.79 Å². The van der Waals surface area contributed by atoms with E-state index in [4.69, 9.17) is 4.52 Å². The number of carbonyl (C=O) groups is 2. The molecule has 6 heteroatoms. The summed E-state index contributed by atoms with van der Waals surface area (Å²) in [6.07, 6.45) is 0. The van der Waals surface area contributed by atoms with Crippen LogP contribution in [0.25, 0.3) is 22.2 Å². The number of amides is 1. The number of aliphatic carboxylic acids is 1. The highest BCUT2D eigenvalue weighted by Crippen LogP contribution is 2.29.